The lowest BCUT2D eigenvalue weighted by atomic mass is 9.82. The molecule has 3 heteroatoms. The van der Waals surface area contributed by atoms with Crippen molar-refractivity contribution in [2.45, 2.75) is 59.3 Å². The standard InChI is InChI=1S/C16H28O3/c1-4-19-12-16(2,3)11-14(15(17)18)10-13-8-6-5-7-9-13/h10,13H,4-9,11-12H2,1-3H3,(H,17,18). The second-order valence-electron chi connectivity index (χ2n) is 6.37. The minimum Gasteiger partial charge on any atom is -0.478 e. The lowest BCUT2D eigenvalue weighted by molar-refractivity contribution is -0.133. The summed E-state index contributed by atoms with van der Waals surface area (Å²) in [5, 5.41) is 9.38. The molecule has 0 aliphatic heterocycles. The Morgan fingerprint density at radius 2 is 1.95 bits per heavy atom. The van der Waals surface area contributed by atoms with E-state index in [4.69, 9.17) is 4.74 Å². The monoisotopic (exact) mass is 268 g/mol. The third-order valence-corrected chi connectivity index (χ3v) is 3.73. The highest BCUT2D eigenvalue weighted by Crippen LogP contribution is 2.30. The molecule has 0 unspecified atom stereocenters. The van der Waals surface area contributed by atoms with Crippen LogP contribution in [0.25, 0.3) is 0 Å². The Morgan fingerprint density at radius 3 is 2.47 bits per heavy atom. The van der Waals surface area contributed by atoms with Crippen LogP contribution in [0.15, 0.2) is 11.6 Å². The van der Waals surface area contributed by atoms with Crippen LogP contribution in [-0.2, 0) is 9.53 Å². The average molecular weight is 268 g/mol. The summed E-state index contributed by atoms with van der Waals surface area (Å²) in [5.74, 6) is -0.308. The van der Waals surface area contributed by atoms with Gasteiger partial charge in [-0.2, -0.15) is 0 Å². The zero-order valence-corrected chi connectivity index (χ0v) is 12.6. The number of hydrogen-bond donors (Lipinski definition) is 1. The number of carboxylic acid groups (broad SMARTS) is 1. The summed E-state index contributed by atoms with van der Waals surface area (Å²) >= 11 is 0. The fourth-order valence-corrected chi connectivity index (χ4v) is 2.74. The van der Waals surface area contributed by atoms with Crippen LogP contribution in [0.5, 0.6) is 0 Å². The molecule has 1 saturated carbocycles. The van der Waals surface area contributed by atoms with Gasteiger partial charge in [-0.3, -0.25) is 0 Å². The van der Waals surface area contributed by atoms with Crippen molar-refractivity contribution in [1.29, 1.82) is 0 Å². The van der Waals surface area contributed by atoms with E-state index in [2.05, 4.69) is 13.8 Å². The van der Waals surface area contributed by atoms with E-state index in [0.29, 0.717) is 31.1 Å². The Balaban J connectivity index is 2.65. The fourth-order valence-electron chi connectivity index (χ4n) is 2.74. The van der Waals surface area contributed by atoms with E-state index in [1.54, 1.807) is 0 Å². The smallest absolute Gasteiger partial charge is 0.331 e. The van der Waals surface area contributed by atoms with Crippen molar-refractivity contribution in [3.05, 3.63) is 11.6 Å². The molecule has 0 saturated heterocycles. The fraction of sp³-hybridized carbons (Fsp3) is 0.812. The number of carbonyl (C=O) groups is 1. The molecular formula is C16H28O3. The molecule has 0 amide bonds. The van der Waals surface area contributed by atoms with Crippen molar-refractivity contribution in [2.75, 3.05) is 13.2 Å². The first kappa shape index (κ1) is 16.2. The third-order valence-electron chi connectivity index (χ3n) is 3.73. The highest BCUT2D eigenvalue weighted by atomic mass is 16.5. The predicted octanol–water partition coefficient (Wildman–Crippen LogP) is 4.03. The van der Waals surface area contributed by atoms with E-state index in [-0.39, 0.29) is 5.41 Å². The summed E-state index contributed by atoms with van der Waals surface area (Å²) in [6, 6.07) is 0. The van der Waals surface area contributed by atoms with Crippen molar-refractivity contribution in [2.24, 2.45) is 11.3 Å². The van der Waals surface area contributed by atoms with Gasteiger partial charge in [-0.05, 0) is 37.5 Å². The topological polar surface area (TPSA) is 46.5 Å². The summed E-state index contributed by atoms with van der Waals surface area (Å²) in [5.41, 5.74) is 0.450. The van der Waals surface area contributed by atoms with Crippen LogP contribution in [-0.4, -0.2) is 24.3 Å². The summed E-state index contributed by atoms with van der Waals surface area (Å²) < 4.78 is 5.45. The van der Waals surface area contributed by atoms with Crippen LogP contribution in [0, 0.1) is 11.3 Å². The maximum atomic E-state index is 11.4. The first-order chi connectivity index (χ1) is 8.94. The van der Waals surface area contributed by atoms with E-state index in [0.717, 1.165) is 12.8 Å². The number of aliphatic carboxylic acids is 1. The van der Waals surface area contributed by atoms with Crippen molar-refractivity contribution in [3.8, 4) is 0 Å². The molecule has 0 spiro atoms. The molecule has 110 valence electrons. The number of hydrogen-bond acceptors (Lipinski definition) is 2. The van der Waals surface area contributed by atoms with E-state index in [9.17, 15) is 9.90 Å². The van der Waals surface area contributed by atoms with E-state index < -0.39 is 5.97 Å². The van der Waals surface area contributed by atoms with Crippen molar-refractivity contribution in [1.82, 2.24) is 0 Å². The average Bonchev–Trinajstić information content (AvgIpc) is 2.36. The molecule has 1 N–H and O–H groups in total. The van der Waals surface area contributed by atoms with Gasteiger partial charge in [0.1, 0.15) is 0 Å². The van der Waals surface area contributed by atoms with E-state index in [1.165, 1.54) is 19.3 Å². The Bertz CT molecular complexity index is 312. The molecule has 0 atom stereocenters. The highest BCUT2D eigenvalue weighted by molar-refractivity contribution is 5.86. The summed E-state index contributed by atoms with van der Waals surface area (Å²) in [6.07, 6.45) is 8.63. The van der Waals surface area contributed by atoms with Gasteiger partial charge in [0.25, 0.3) is 0 Å². The van der Waals surface area contributed by atoms with Gasteiger partial charge in [-0.25, -0.2) is 4.79 Å². The first-order valence-electron chi connectivity index (χ1n) is 7.46. The maximum absolute atomic E-state index is 11.4. The summed E-state index contributed by atoms with van der Waals surface area (Å²) in [6.45, 7) is 7.39. The Hall–Kier alpha value is -0.830. The molecule has 3 nitrogen and oxygen atoms in total. The van der Waals surface area contributed by atoms with Crippen LogP contribution in [0.4, 0.5) is 0 Å². The van der Waals surface area contributed by atoms with Crippen LogP contribution in [0.2, 0.25) is 0 Å². The summed E-state index contributed by atoms with van der Waals surface area (Å²) in [4.78, 5) is 11.4. The maximum Gasteiger partial charge on any atom is 0.331 e. The molecule has 1 aliphatic carbocycles. The third kappa shape index (κ3) is 6.24. The number of carboxylic acids is 1. The van der Waals surface area contributed by atoms with Crippen molar-refractivity contribution >= 4 is 5.97 Å². The van der Waals surface area contributed by atoms with Crippen LogP contribution in [0.3, 0.4) is 0 Å². The molecule has 1 aliphatic rings. The summed E-state index contributed by atoms with van der Waals surface area (Å²) in [7, 11) is 0. The van der Waals surface area contributed by atoms with Gasteiger partial charge in [0, 0.05) is 12.2 Å². The quantitative estimate of drug-likeness (QED) is 0.709. The van der Waals surface area contributed by atoms with Gasteiger partial charge in [0.2, 0.25) is 0 Å². The molecule has 19 heavy (non-hydrogen) atoms. The van der Waals surface area contributed by atoms with Gasteiger partial charge in [-0.15, -0.1) is 0 Å². The molecule has 0 heterocycles. The minimum atomic E-state index is -0.768. The van der Waals surface area contributed by atoms with Gasteiger partial charge in [0.15, 0.2) is 0 Å². The minimum absolute atomic E-state index is 0.116. The lowest BCUT2D eigenvalue weighted by Crippen LogP contribution is -2.22. The van der Waals surface area contributed by atoms with Crippen molar-refractivity contribution in [3.63, 3.8) is 0 Å². The van der Waals surface area contributed by atoms with Crippen LogP contribution < -0.4 is 0 Å². The molecule has 1 fully saturated rings. The molecule has 0 radical (unpaired) electrons. The Morgan fingerprint density at radius 1 is 1.32 bits per heavy atom. The largest absolute Gasteiger partial charge is 0.478 e. The molecule has 0 aromatic carbocycles. The molecular weight excluding hydrogens is 240 g/mol. The SMILES string of the molecule is CCOCC(C)(C)CC(=CC1CCCCC1)C(=O)O. The molecule has 0 bridgehead atoms. The van der Waals surface area contributed by atoms with Gasteiger partial charge in [-0.1, -0.05) is 39.2 Å². The normalized spacial score (nSPS) is 18.6. The van der Waals surface area contributed by atoms with E-state index in [1.807, 2.05) is 13.0 Å². The van der Waals surface area contributed by atoms with Crippen LogP contribution >= 0.6 is 0 Å². The second kappa shape index (κ2) is 7.68. The van der Waals surface area contributed by atoms with Gasteiger partial charge >= 0.3 is 5.97 Å². The Labute approximate surface area is 117 Å². The number of ether oxygens (including phenoxy) is 1. The van der Waals surface area contributed by atoms with Gasteiger partial charge < -0.3 is 9.84 Å². The van der Waals surface area contributed by atoms with Crippen LogP contribution in [0.1, 0.15) is 59.3 Å². The molecule has 0 aromatic heterocycles. The Kier molecular flexibility index (Phi) is 6.56. The lowest BCUT2D eigenvalue weighted by Gasteiger charge is -2.26. The number of allylic oxidation sites excluding steroid dienone is 1. The van der Waals surface area contributed by atoms with E-state index >= 15 is 0 Å². The zero-order valence-electron chi connectivity index (χ0n) is 12.6. The van der Waals surface area contributed by atoms with Crippen molar-refractivity contribution < 1.29 is 14.6 Å². The highest BCUT2D eigenvalue weighted by Gasteiger charge is 2.24. The zero-order chi connectivity index (χ0) is 14.3. The number of rotatable bonds is 7. The predicted molar refractivity (Wildman–Crippen MR) is 77.2 cm³/mol. The molecule has 0 aromatic rings. The molecule has 1 rings (SSSR count). The second-order valence-corrected chi connectivity index (χ2v) is 6.37. The van der Waals surface area contributed by atoms with Gasteiger partial charge in [0.05, 0.1) is 6.61 Å². The first-order valence-corrected chi connectivity index (χ1v) is 7.46.